The molecule has 0 radical (unpaired) electrons. The summed E-state index contributed by atoms with van der Waals surface area (Å²) in [6.45, 7) is 4.17. The molecular weight excluding hydrogens is 431 g/mol. The first-order valence-electron chi connectivity index (χ1n) is 9.53. The van der Waals surface area contributed by atoms with Crippen LogP contribution in [0, 0.1) is 0 Å². The number of carboxylic acids is 1. The summed E-state index contributed by atoms with van der Waals surface area (Å²) in [5.74, 6) is -0.711. The first kappa shape index (κ1) is 24.1. The topological polar surface area (TPSA) is 37.3 Å². The Hall–Kier alpha value is -1.96. The maximum absolute atomic E-state index is 9.60. The monoisotopic (exact) mass is 460 g/mol. The summed E-state index contributed by atoms with van der Waals surface area (Å²) in [4.78, 5) is 9.60. The number of rotatable bonds is 6. The SMILES string of the molecule is Br.CCCC(=O)O.CC[PH](c1ccccc1)(c1ccccc1)c1ccccc1. The fourth-order valence-corrected chi connectivity index (χ4v) is 8.00. The Kier molecular flexibility index (Phi) is 10.7. The van der Waals surface area contributed by atoms with Crippen molar-refractivity contribution in [3.8, 4) is 0 Å². The molecule has 3 rings (SSSR count). The van der Waals surface area contributed by atoms with E-state index in [-0.39, 0.29) is 17.0 Å². The average Bonchev–Trinajstić information content (AvgIpc) is 2.72. The molecule has 0 amide bonds. The molecule has 0 aliphatic carbocycles. The van der Waals surface area contributed by atoms with Crippen LogP contribution in [0.1, 0.15) is 26.7 Å². The van der Waals surface area contributed by atoms with Crippen LogP contribution in [0.5, 0.6) is 0 Å². The average molecular weight is 461 g/mol. The van der Waals surface area contributed by atoms with Crippen molar-refractivity contribution in [2.75, 3.05) is 6.16 Å². The number of carboxylic acid groups (broad SMARTS) is 1. The molecule has 0 saturated carbocycles. The van der Waals surface area contributed by atoms with Crippen LogP contribution in [0.4, 0.5) is 0 Å². The van der Waals surface area contributed by atoms with E-state index in [1.807, 2.05) is 6.92 Å². The molecule has 0 aromatic heterocycles. The zero-order valence-corrected chi connectivity index (χ0v) is 19.3. The van der Waals surface area contributed by atoms with Crippen molar-refractivity contribution >= 4 is 46.1 Å². The Labute approximate surface area is 179 Å². The molecular formula is C24H30BrO2P. The number of aliphatic carboxylic acids is 1. The van der Waals surface area contributed by atoms with Crippen LogP contribution < -0.4 is 15.9 Å². The first-order valence-corrected chi connectivity index (χ1v) is 11.7. The third kappa shape index (κ3) is 6.02. The molecule has 3 aromatic rings. The summed E-state index contributed by atoms with van der Waals surface area (Å²) in [7, 11) is -1.90. The van der Waals surface area contributed by atoms with Gasteiger partial charge in [-0.15, -0.1) is 17.0 Å². The molecule has 0 bridgehead atoms. The first-order chi connectivity index (χ1) is 13.1. The Morgan fingerprint density at radius 1 is 0.714 bits per heavy atom. The zero-order chi connectivity index (χ0) is 19.5. The molecule has 3 aromatic carbocycles. The summed E-state index contributed by atoms with van der Waals surface area (Å²) in [6.07, 6.45) is 2.19. The van der Waals surface area contributed by atoms with E-state index in [0.717, 1.165) is 6.42 Å². The standard InChI is InChI=1S/C20H21P.C4H8O2.BrH/c1-2-21(18-12-6-3-7-13-18,19-14-8-4-9-15-19)20-16-10-5-11-17-20;1-2-3-4(5)6;/h3-17,21H,2H2,1H3;2-3H2,1H3,(H,5,6);1H. The van der Waals surface area contributed by atoms with Gasteiger partial charge in [0.1, 0.15) is 0 Å². The van der Waals surface area contributed by atoms with Crippen molar-refractivity contribution in [3.05, 3.63) is 91.0 Å². The van der Waals surface area contributed by atoms with Gasteiger partial charge in [-0.25, -0.2) is 0 Å². The molecule has 4 heteroatoms. The van der Waals surface area contributed by atoms with Gasteiger partial charge in [0.15, 0.2) is 0 Å². The Morgan fingerprint density at radius 3 is 1.21 bits per heavy atom. The van der Waals surface area contributed by atoms with Crippen LogP contribution in [-0.2, 0) is 4.79 Å². The molecule has 2 nitrogen and oxygen atoms in total. The van der Waals surface area contributed by atoms with Gasteiger partial charge in [0, 0.05) is 6.42 Å². The van der Waals surface area contributed by atoms with Crippen LogP contribution in [-0.4, -0.2) is 17.2 Å². The van der Waals surface area contributed by atoms with Gasteiger partial charge in [-0.3, -0.25) is 4.79 Å². The number of halogens is 1. The Balaban J connectivity index is 0.000000492. The van der Waals surface area contributed by atoms with Gasteiger partial charge in [-0.1, -0.05) is 6.92 Å². The van der Waals surface area contributed by atoms with Gasteiger partial charge in [-0.2, -0.15) is 0 Å². The molecule has 0 unspecified atom stereocenters. The Morgan fingerprint density at radius 2 is 1.04 bits per heavy atom. The molecule has 150 valence electrons. The minimum atomic E-state index is -1.90. The van der Waals surface area contributed by atoms with Crippen LogP contribution in [0.15, 0.2) is 91.0 Å². The summed E-state index contributed by atoms with van der Waals surface area (Å²) in [6, 6.07) is 33.1. The molecule has 0 atom stereocenters. The third-order valence-electron chi connectivity index (χ3n) is 4.79. The third-order valence-corrected chi connectivity index (χ3v) is 9.81. The van der Waals surface area contributed by atoms with Gasteiger partial charge >= 0.3 is 133 Å². The Bertz CT molecular complexity index is 711. The molecule has 0 fully saturated rings. The van der Waals surface area contributed by atoms with Crippen molar-refractivity contribution in [1.29, 1.82) is 0 Å². The van der Waals surface area contributed by atoms with Crippen molar-refractivity contribution in [3.63, 3.8) is 0 Å². The summed E-state index contributed by atoms with van der Waals surface area (Å²) in [5.41, 5.74) is 0. The molecule has 0 spiro atoms. The van der Waals surface area contributed by atoms with E-state index < -0.39 is 13.2 Å². The predicted molar refractivity (Wildman–Crippen MR) is 130 cm³/mol. The summed E-state index contributed by atoms with van der Waals surface area (Å²) in [5, 5.41) is 12.4. The van der Waals surface area contributed by atoms with E-state index in [0.29, 0.717) is 6.42 Å². The molecule has 28 heavy (non-hydrogen) atoms. The molecule has 0 aliphatic heterocycles. The fourth-order valence-electron chi connectivity index (χ4n) is 3.49. The fraction of sp³-hybridized carbons (Fsp3) is 0.208. The van der Waals surface area contributed by atoms with E-state index in [1.165, 1.54) is 22.1 Å². The van der Waals surface area contributed by atoms with Crippen molar-refractivity contribution < 1.29 is 9.90 Å². The van der Waals surface area contributed by atoms with Crippen LogP contribution >= 0.6 is 24.2 Å². The van der Waals surface area contributed by atoms with E-state index in [2.05, 4.69) is 97.9 Å². The number of carbonyl (C=O) groups is 1. The molecule has 0 aliphatic rings. The molecule has 0 saturated heterocycles. The van der Waals surface area contributed by atoms with Crippen LogP contribution in [0.3, 0.4) is 0 Å². The minimum absolute atomic E-state index is 0. The van der Waals surface area contributed by atoms with Crippen LogP contribution in [0.2, 0.25) is 0 Å². The quantitative estimate of drug-likeness (QED) is 0.514. The van der Waals surface area contributed by atoms with E-state index in [4.69, 9.17) is 5.11 Å². The summed E-state index contributed by atoms with van der Waals surface area (Å²) >= 11 is 0. The second-order valence-electron chi connectivity index (χ2n) is 6.50. The predicted octanol–water partition coefficient (Wildman–Crippen LogP) is 5.18. The van der Waals surface area contributed by atoms with Crippen molar-refractivity contribution in [1.82, 2.24) is 0 Å². The van der Waals surface area contributed by atoms with Gasteiger partial charge in [-0.05, 0) is 6.42 Å². The second-order valence-corrected chi connectivity index (χ2v) is 10.8. The molecule has 0 heterocycles. The summed E-state index contributed by atoms with van der Waals surface area (Å²) < 4.78 is 0. The van der Waals surface area contributed by atoms with Gasteiger partial charge in [0.05, 0.1) is 0 Å². The van der Waals surface area contributed by atoms with E-state index in [9.17, 15) is 4.79 Å². The second kappa shape index (κ2) is 12.5. The van der Waals surface area contributed by atoms with Gasteiger partial charge in [0.2, 0.25) is 0 Å². The van der Waals surface area contributed by atoms with Crippen molar-refractivity contribution in [2.24, 2.45) is 0 Å². The van der Waals surface area contributed by atoms with E-state index >= 15 is 0 Å². The molecule has 1 N–H and O–H groups in total. The number of hydrogen-bond donors (Lipinski definition) is 1. The van der Waals surface area contributed by atoms with E-state index in [1.54, 1.807) is 0 Å². The maximum atomic E-state index is 9.60. The normalized spacial score (nSPS) is 10.8. The van der Waals surface area contributed by atoms with Gasteiger partial charge in [0.25, 0.3) is 0 Å². The number of benzene rings is 3. The number of hydrogen-bond acceptors (Lipinski definition) is 1. The van der Waals surface area contributed by atoms with Crippen LogP contribution in [0.25, 0.3) is 0 Å². The zero-order valence-electron chi connectivity index (χ0n) is 16.5. The van der Waals surface area contributed by atoms with Gasteiger partial charge < -0.3 is 5.11 Å². The van der Waals surface area contributed by atoms with Crippen molar-refractivity contribution in [2.45, 2.75) is 26.7 Å².